The Kier molecular flexibility index (Phi) is 5.09. The second-order valence-corrected chi connectivity index (χ2v) is 4.55. The SMILES string of the molecule is CCC1CCCN(C(=O)[C@H](N)CC)CC1. The summed E-state index contributed by atoms with van der Waals surface area (Å²) in [5.41, 5.74) is 5.77. The van der Waals surface area contributed by atoms with Crippen LogP contribution < -0.4 is 5.73 Å². The molecular formula is C12H24N2O. The number of rotatable bonds is 3. The molecule has 2 atom stereocenters. The van der Waals surface area contributed by atoms with Crippen molar-refractivity contribution in [3.05, 3.63) is 0 Å². The van der Waals surface area contributed by atoms with Crippen molar-refractivity contribution in [1.29, 1.82) is 0 Å². The summed E-state index contributed by atoms with van der Waals surface area (Å²) in [7, 11) is 0. The van der Waals surface area contributed by atoms with Crippen molar-refractivity contribution in [3.8, 4) is 0 Å². The molecule has 1 amide bonds. The summed E-state index contributed by atoms with van der Waals surface area (Å²) in [5.74, 6) is 0.954. The molecule has 1 aliphatic rings. The molecule has 1 unspecified atom stereocenters. The largest absolute Gasteiger partial charge is 0.341 e. The smallest absolute Gasteiger partial charge is 0.239 e. The summed E-state index contributed by atoms with van der Waals surface area (Å²) < 4.78 is 0. The van der Waals surface area contributed by atoms with Crippen molar-refractivity contribution in [1.82, 2.24) is 4.90 Å². The number of carbonyl (C=O) groups excluding carboxylic acids is 1. The molecule has 0 aromatic rings. The van der Waals surface area contributed by atoms with E-state index >= 15 is 0 Å². The van der Waals surface area contributed by atoms with E-state index < -0.39 is 0 Å². The number of carbonyl (C=O) groups is 1. The topological polar surface area (TPSA) is 46.3 Å². The number of nitrogens with zero attached hydrogens (tertiary/aromatic N) is 1. The second kappa shape index (κ2) is 6.11. The van der Waals surface area contributed by atoms with Crippen LogP contribution in [-0.2, 0) is 4.79 Å². The Balaban J connectivity index is 2.46. The van der Waals surface area contributed by atoms with Crippen LogP contribution >= 0.6 is 0 Å². The van der Waals surface area contributed by atoms with Crippen molar-refractivity contribution in [2.75, 3.05) is 13.1 Å². The molecule has 3 nitrogen and oxygen atoms in total. The lowest BCUT2D eigenvalue weighted by Crippen LogP contribution is -2.43. The standard InChI is InChI=1S/C12H24N2O/c1-3-10-6-5-8-14(9-7-10)12(15)11(13)4-2/h10-11H,3-9,13H2,1-2H3/t10?,11-/m1/s1. The first-order chi connectivity index (χ1) is 7.19. The van der Waals surface area contributed by atoms with Crippen LogP contribution in [0.4, 0.5) is 0 Å². The number of amides is 1. The predicted molar refractivity (Wildman–Crippen MR) is 62.5 cm³/mol. The molecule has 1 saturated heterocycles. The van der Waals surface area contributed by atoms with E-state index in [0.717, 1.165) is 38.3 Å². The van der Waals surface area contributed by atoms with Crippen molar-refractivity contribution in [2.45, 2.75) is 52.0 Å². The van der Waals surface area contributed by atoms with Crippen molar-refractivity contribution < 1.29 is 4.79 Å². The Bertz CT molecular complexity index is 206. The zero-order valence-electron chi connectivity index (χ0n) is 10.0. The molecule has 0 aromatic heterocycles. The summed E-state index contributed by atoms with van der Waals surface area (Å²) in [6.45, 7) is 6.02. The Morgan fingerprint density at radius 1 is 1.40 bits per heavy atom. The maximum absolute atomic E-state index is 11.9. The first-order valence-corrected chi connectivity index (χ1v) is 6.23. The van der Waals surface area contributed by atoms with Crippen molar-refractivity contribution >= 4 is 5.91 Å². The van der Waals surface area contributed by atoms with Crippen LogP contribution in [0.5, 0.6) is 0 Å². The number of hydrogen-bond acceptors (Lipinski definition) is 2. The minimum atomic E-state index is -0.289. The van der Waals surface area contributed by atoms with E-state index in [1.807, 2.05) is 11.8 Å². The maximum Gasteiger partial charge on any atom is 0.239 e. The summed E-state index contributed by atoms with van der Waals surface area (Å²) in [5, 5.41) is 0. The highest BCUT2D eigenvalue weighted by molar-refractivity contribution is 5.81. The van der Waals surface area contributed by atoms with E-state index in [1.165, 1.54) is 12.8 Å². The average molecular weight is 212 g/mol. The Morgan fingerprint density at radius 3 is 2.73 bits per heavy atom. The van der Waals surface area contributed by atoms with Crippen LogP contribution in [-0.4, -0.2) is 29.9 Å². The quantitative estimate of drug-likeness (QED) is 0.775. The fourth-order valence-corrected chi connectivity index (χ4v) is 2.20. The van der Waals surface area contributed by atoms with Crippen molar-refractivity contribution in [3.63, 3.8) is 0 Å². The number of likely N-dealkylation sites (tertiary alicyclic amines) is 1. The maximum atomic E-state index is 11.9. The van der Waals surface area contributed by atoms with Gasteiger partial charge in [-0.05, 0) is 31.6 Å². The van der Waals surface area contributed by atoms with Gasteiger partial charge in [-0.1, -0.05) is 20.3 Å². The van der Waals surface area contributed by atoms with Gasteiger partial charge in [-0.25, -0.2) is 0 Å². The lowest BCUT2D eigenvalue weighted by Gasteiger charge is -2.23. The molecule has 0 spiro atoms. The van der Waals surface area contributed by atoms with E-state index in [1.54, 1.807) is 0 Å². The fraction of sp³-hybridized carbons (Fsp3) is 0.917. The molecule has 1 aliphatic heterocycles. The monoisotopic (exact) mass is 212 g/mol. The second-order valence-electron chi connectivity index (χ2n) is 4.55. The van der Waals surface area contributed by atoms with E-state index in [0.29, 0.717) is 0 Å². The Labute approximate surface area is 93.0 Å². The van der Waals surface area contributed by atoms with E-state index in [4.69, 9.17) is 5.73 Å². The van der Waals surface area contributed by atoms with Crippen LogP contribution in [0.1, 0.15) is 46.0 Å². The lowest BCUT2D eigenvalue weighted by atomic mass is 9.98. The molecular weight excluding hydrogens is 188 g/mol. The van der Waals surface area contributed by atoms with Gasteiger partial charge in [0, 0.05) is 13.1 Å². The molecule has 0 bridgehead atoms. The molecule has 0 radical (unpaired) electrons. The van der Waals surface area contributed by atoms with Gasteiger partial charge in [0.2, 0.25) is 5.91 Å². The molecule has 0 saturated carbocycles. The van der Waals surface area contributed by atoms with Gasteiger partial charge in [-0.15, -0.1) is 0 Å². The molecule has 1 fully saturated rings. The first kappa shape index (κ1) is 12.5. The highest BCUT2D eigenvalue weighted by atomic mass is 16.2. The Morgan fingerprint density at radius 2 is 2.13 bits per heavy atom. The molecule has 1 heterocycles. The minimum absolute atomic E-state index is 0.147. The zero-order chi connectivity index (χ0) is 11.3. The van der Waals surface area contributed by atoms with Crippen LogP contribution in [0.2, 0.25) is 0 Å². The van der Waals surface area contributed by atoms with Crippen LogP contribution in [0.25, 0.3) is 0 Å². The Hall–Kier alpha value is -0.570. The van der Waals surface area contributed by atoms with Gasteiger partial charge >= 0.3 is 0 Å². The summed E-state index contributed by atoms with van der Waals surface area (Å²) in [6, 6.07) is -0.289. The number of hydrogen-bond donors (Lipinski definition) is 1. The molecule has 0 aromatic carbocycles. The van der Waals surface area contributed by atoms with E-state index in [2.05, 4.69) is 6.92 Å². The molecule has 0 aliphatic carbocycles. The third-order valence-electron chi connectivity index (χ3n) is 3.49. The van der Waals surface area contributed by atoms with Gasteiger partial charge < -0.3 is 10.6 Å². The average Bonchev–Trinajstić information content (AvgIpc) is 2.51. The van der Waals surface area contributed by atoms with Crippen molar-refractivity contribution in [2.24, 2.45) is 11.7 Å². The summed E-state index contributed by atoms with van der Waals surface area (Å²) in [6.07, 6.45) is 5.54. The van der Waals surface area contributed by atoms with Gasteiger partial charge in [-0.3, -0.25) is 4.79 Å². The van der Waals surface area contributed by atoms with Crippen LogP contribution in [0, 0.1) is 5.92 Å². The normalized spacial score (nSPS) is 24.7. The third kappa shape index (κ3) is 3.49. The third-order valence-corrected chi connectivity index (χ3v) is 3.49. The molecule has 15 heavy (non-hydrogen) atoms. The minimum Gasteiger partial charge on any atom is -0.341 e. The van der Waals surface area contributed by atoms with Gasteiger partial charge in [0.05, 0.1) is 6.04 Å². The molecule has 1 rings (SSSR count). The van der Waals surface area contributed by atoms with Crippen LogP contribution in [0.3, 0.4) is 0 Å². The van der Waals surface area contributed by atoms with Gasteiger partial charge in [0.15, 0.2) is 0 Å². The van der Waals surface area contributed by atoms with E-state index in [-0.39, 0.29) is 11.9 Å². The highest BCUT2D eigenvalue weighted by Gasteiger charge is 2.22. The fourth-order valence-electron chi connectivity index (χ4n) is 2.20. The number of nitrogens with two attached hydrogens (primary N) is 1. The van der Waals surface area contributed by atoms with Gasteiger partial charge in [-0.2, -0.15) is 0 Å². The summed E-state index contributed by atoms with van der Waals surface area (Å²) >= 11 is 0. The molecule has 3 heteroatoms. The van der Waals surface area contributed by atoms with Crippen LogP contribution in [0.15, 0.2) is 0 Å². The van der Waals surface area contributed by atoms with Gasteiger partial charge in [0.1, 0.15) is 0 Å². The highest BCUT2D eigenvalue weighted by Crippen LogP contribution is 2.20. The predicted octanol–water partition coefficient (Wildman–Crippen LogP) is 1.76. The van der Waals surface area contributed by atoms with Gasteiger partial charge in [0.25, 0.3) is 0 Å². The zero-order valence-corrected chi connectivity index (χ0v) is 10.0. The lowest BCUT2D eigenvalue weighted by molar-refractivity contribution is -0.132. The van der Waals surface area contributed by atoms with E-state index in [9.17, 15) is 4.79 Å². The summed E-state index contributed by atoms with van der Waals surface area (Å²) in [4.78, 5) is 13.8. The molecule has 2 N–H and O–H groups in total. The molecule has 88 valence electrons. The first-order valence-electron chi connectivity index (χ1n) is 6.23.